The summed E-state index contributed by atoms with van der Waals surface area (Å²) in [5, 5.41) is 2.71. The van der Waals surface area contributed by atoms with Gasteiger partial charge in [0.05, 0.1) is 15.5 Å². The summed E-state index contributed by atoms with van der Waals surface area (Å²) >= 11 is 0. The van der Waals surface area contributed by atoms with Crippen molar-refractivity contribution in [2.45, 2.75) is 49.3 Å². The molecule has 3 aromatic rings. The zero-order chi connectivity index (χ0) is 27.3. The topological polar surface area (TPSA) is 104 Å². The minimum absolute atomic E-state index is 0.0804. The molecule has 1 amide bonds. The van der Waals surface area contributed by atoms with Crippen LogP contribution in [0.3, 0.4) is 0 Å². The third-order valence-corrected chi connectivity index (χ3v) is 10.5. The quantitative estimate of drug-likeness (QED) is 0.434. The smallest absolute Gasteiger partial charge is 0.264 e. The molecule has 1 N–H and O–H groups in total. The van der Waals surface area contributed by atoms with Crippen LogP contribution in [0, 0.1) is 13.8 Å². The van der Waals surface area contributed by atoms with Gasteiger partial charge in [-0.15, -0.1) is 0 Å². The van der Waals surface area contributed by atoms with Gasteiger partial charge in [-0.05, 0) is 80.3 Å². The van der Waals surface area contributed by atoms with Gasteiger partial charge in [0, 0.05) is 18.8 Å². The Morgan fingerprint density at radius 3 is 2.05 bits per heavy atom. The van der Waals surface area contributed by atoms with Gasteiger partial charge in [-0.1, -0.05) is 43.2 Å². The number of benzene rings is 3. The van der Waals surface area contributed by atoms with Crippen molar-refractivity contribution in [2.75, 3.05) is 29.3 Å². The van der Waals surface area contributed by atoms with E-state index in [4.69, 9.17) is 0 Å². The Balaban J connectivity index is 1.56. The molecule has 1 aliphatic rings. The molecule has 1 heterocycles. The SMILES string of the molecule is Cc1cccc(N(CC(=O)Nc2ccc(S(=O)(=O)N3CCCCCC3)cc2)S(=O)(=O)c2ccccc2)c1C. The van der Waals surface area contributed by atoms with Crippen LogP contribution in [0.2, 0.25) is 0 Å². The Bertz CT molecular complexity index is 1480. The van der Waals surface area contributed by atoms with Crippen LogP contribution in [0.15, 0.2) is 82.6 Å². The van der Waals surface area contributed by atoms with Crippen molar-refractivity contribution in [3.8, 4) is 0 Å². The number of nitrogens with one attached hydrogen (secondary N) is 1. The average molecular weight is 556 g/mol. The second kappa shape index (κ2) is 11.7. The standard InChI is InChI=1S/C28H33N3O5S2/c1-22-11-10-14-27(23(22)2)31(38(35,36)25-12-6-5-7-13-25)21-28(32)29-24-15-17-26(18-16-24)37(33,34)30-19-8-3-4-9-20-30/h5-7,10-18H,3-4,8-9,19-21H2,1-2H3,(H,29,32). The maximum Gasteiger partial charge on any atom is 0.264 e. The monoisotopic (exact) mass is 555 g/mol. The molecule has 0 saturated carbocycles. The summed E-state index contributed by atoms with van der Waals surface area (Å²) in [6.45, 7) is 4.26. The lowest BCUT2D eigenvalue weighted by atomic mass is 10.1. The first-order chi connectivity index (χ1) is 18.1. The lowest BCUT2D eigenvalue weighted by molar-refractivity contribution is -0.114. The predicted molar refractivity (Wildman–Crippen MR) is 149 cm³/mol. The van der Waals surface area contributed by atoms with Crippen molar-refractivity contribution in [3.05, 3.63) is 83.9 Å². The van der Waals surface area contributed by atoms with Gasteiger partial charge in [0.2, 0.25) is 15.9 Å². The molecule has 4 rings (SSSR count). The first-order valence-corrected chi connectivity index (χ1v) is 15.5. The van der Waals surface area contributed by atoms with Crippen LogP contribution in [-0.4, -0.2) is 46.7 Å². The van der Waals surface area contributed by atoms with E-state index in [1.165, 1.54) is 40.7 Å². The van der Waals surface area contributed by atoms with Gasteiger partial charge in [-0.2, -0.15) is 4.31 Å². The van der Waals surface area contributed by atoms with Crippen LogP contribution in [0.4, 0.5) is 11.4 Å². The van der Waals surface area contributed by atoms with E-state index < -0.39 is 32.5 Å². The number of aryl methyl sites for hydroxylation is 1. The first-order valence-electron chi connectivity index (χ1n) is 12.6. The number of hydrogen-bond donors (Lipinski definition) is 1. The van der Waals surface area contributed by atoms with Gasteiger partial charge in [0.1, 0.15) is 6.54 Å². The summed E-state index contributed by atoms with van der Waals surface area (Å²) in [5.41, 5.74) is 2.45. The molecule has 0 radical (unpaired) electrons. The van der Waals surface area contributed by atoms with E-state index in [1.807, 2.05) is 19.9 Å². The summed E-state index contributed by atoms with van der Waals surface area (Å²) in [4.78, 5) is 13.3. The van der Waals surface area contributed by atoms with Gasteiger partial charge in [0.25, 0.3) is 10.0 Å². The molecule has 1 aliphatic heterocycles. The van der Waals surface area contributed by atoms with Crippen molar-refractivity contribution in [2.24, 2.45) is 0 Å². The summed E-state index contributed by atoms with van der Waals surface area (Å²) in [5.74, 6) is -0.548. The number of nitrogens with zero attached hydrogens (tertiary/aromatic N) is 2. The second-order valence-electron chi connectivity index (χ2n) is 9.43. The molecule has 3 aromatic carbocycles. The molecule has 8 nitrogen and oxygen atoms in total. The number of carbonyl (C=O) groups excluding carboxylic acids is 1. The molecular formula is C28H33N3O5S2. The molecule has 38 heavy (non-hydrogen) atoms. The van der Waals surface area contributed by atoms with E-state index in [0.29, 0.717) is 24.5 Å². The van der Waals surface area contributed by atoms with Crippen LogP contribution in [0.25, 0.3) is 0 Å². The first kappa shape index (κ1) is 27.8. The number of sulfonamides is 2. The molecule has 1 saturated heterocycles. The largest absolute Gasteiger partial charge is 0.325 e. The van der Waals surface area contributed by atoms with E-state index in [-0.39, 0.29) is 9.79 Å². The van der Waals surface area contributed by atoms with E-state index in [1.54, 1.807) is 30.3 Å². The van der Waals surface area contributed by atoms with Gasteiger partial charge >= 0.3 is 0 Å². The Morgan fingerprint density at radius 2 is 1.42 bits per heavy atom. The van der Waals surface area contributed by atoms with Gasteiger partial charge in [-0.3, -0.25) is 9.10 Å². The highest BCUT2D eigenvalue weighted by Gasteiger charge is 2.29. The van der Waals surface area contributed by atoms with Crippen LogP contribution >= 0.6 is 0 Å². The number of hydrogen-bond acceptors (Lipinski definition) is 5. The molecular weight excluding hydrogens is 522 g/mol. The Kier molecular flexibility index (Phi) is 8.54. The van der Waals surface area contributed by atoms with Crippen LogP contribution in [-0.2, 0) is 24.8 Å². The molecule has 0 aromatic heterocycles. The maximum atomic E-state index is 13.6. The highest BCUT2D eigenvalue weighted by atomic mass is 32.2. The molecule has 10 heteroatoms. The van der Waals surface area contributed by atoms with Gasteiger partial charge in [-0.25, -0.2) is 16.8 Å². The Labute approximate surface area is 225 Å². The lowest BCUT2D eigenvalue weighted by Gasteiger charge is -2.26. The predicted octanol–water partition coefficient (Wildman–Crippen LogP) is 4.70. The van der Waals surface area contributed by atoms with Crippen LogP contribution < -0.4 is 9.62 Å². The normalized spacial score (nSPS) is 15.0. The van der Waals surface area contributed by atoms with E-state index in [9.17, 15) is 21.6 Å². The van der Waals surface area contributed by atoms with E-state index >= 15 is 0 Å². The average Bonchev–Trinajstić information content (AvgIpc) is 3.20. The number of rotatable bonds is 8. The molecule has 0 spiro atoms. The van der Waals surface area contributed by atoms with Crippen molar-refractivity contribution in [1.82, 2.24) is 4.31 Å². The molecule has 0 aliphatic carbocycles. The molecule has 0 atom stereocenters. The summed E-state index contributed by atoms with van der Waals surface area (Å²) in [6.07, 6.45) is 3.73. The van der Waals surface area contributed by atoms with Crippen molar-refractivity contribution >= 4 is 37.3 Å². The fourth-order valence-corrected chi connectivity index (χ4v) is 7.51. The Hall–Kier alpha value is -3.21. The third-order valence-electron chi connectivity index (χ3n) is 6.80. The van der Waals surface area contributed by atoms with Gasteiger partial charge < -0.3 is 5.32 Å². The van der Waals surface area contributed by atoms with Gasteiger partial charge in [0.15, 0.2) is 0 Å². The molecule has 0 unspecified atom stereocenters. The zero-order valence-electron chi connectivity index (χ0n) is 21.6. The number of anilines is 2. The highest BCUT2D eigenvalue weighted by molar-refractivity contribution is 7.92. The van der Waals surface area contributed by atoms with Crippen molar-refractivity contribution in [3.63, 3.8) is 0 Å². The zero-order valence-corrected chi connectivity index (χ0v) is 23.3. The lowest BCUT2D eigenvalue weighted by Crippen LogP contribution is -2.38. The molecule has 0 bridgehead atoms. The number of carbonyl (C=O) groups is 1. The van der Waals surface area contributed by atoms with Crippen LogP contribution in [0.5, 0.6) is 0 Å². The second-order valence-corrected chi connectivity index (χ2v) is 13.2. The Morgan fingerprint density at radius 1 is 0.789 bits per heavy atom. The summed E-state index contributed by atoms with van der Waals surface area (Å²) in [6, 6.07) is 19.3. The minimum Gasteiger partial charge on any atom is -0.325 e. The van der Waals surface area contributed by atoms with Crippen molar-refractivity contribution < 1.29 is 21.6 Å². The minimum atomic E-state index is -4.03. The maximum absolute atomic E-state index is 13.6. The number of amides is 1. The molecule has 1 fully saturated rings. The van der Waals surface area contributed by atoms with Crippen molar-refractivity contribution in [1.29, 1.82) is 0 Å². The van der Waals surface area contributed by atoms with E-state index in [0.717, 1.165) is 41.1 Å². The summed E-state index contributed by atoms with van der Waals surface area (Å²) in [7, 11) is -7.65. The van der Waals surface area contributed by atoms with Crippen LogP contribution in [0.1, 0.15) is 36.8 Å². The fraction of sp³-hybridized carbons (Fsp3) is 0.321. The summed E-state index contributed by atoms with van der Waals surface area (Å²) < 4.78 is 55.9. The fourth-order valence-electron chi connectivity index (χ4n) is 4.50. The van der Waals surface area contributed by atoms with E-state index in [2.05, 4.69) is 5.32 Å². The molecule has 202 valence electrons. The third kappa shape index (κ3) is 6.09. The highest BCUT2D eigenvalue weighted by Crippen LogP contribution is 2.29.